The molecule has 0 aromatic heterocycles. The first kappa shape index (κ1) is 11.2. The summed E-state index contributed by atoms with van der Waals surface area (Å²) in [6.07, 6.45) is 1.53. The molecule has 1 rings (SSSR count). The summed E-state index contributed by atoms with van der Waals surface area (Å²) in [6.45, 7) is 3.51. The fourth-order valence-corrected chi connectivity index (χ4v) is 0.870. The van der Waals surface area contributed by atoms with E-state index in [1.807, 2.05) is 0 Å². The third-order valence-electron chi connectivity index (χ3n) is 1.41. The number of carboxylic acids is 1. The van der Waals surface area contributed by atoms with Crippen molar-refractivity contribution in [3.63, 3.8) is 0 Å². The molecule has 3 heteroatoms. The lowest BCUT2D eigenvalue weighted by Gasteiger charge is -1.97. The van der Waals surface area contributed by atoms with Crippen LogP contribution in [0.3, 0.4) is 0 Å². The number of aromatic carboxylic acids is 1. The zero-order valence-electron chi connectivity index (χ0n) is 5.95. The maximum atomic E-state index is 10.5. The molecule has 0 aliphatic heterocycles. The molecule has 0 atom stereocenters. The Morgan fingerprint density at radius 3 is 2.42 bits per heavy atom. The van der Waals surface area contributed by atoms with E-state index in [1.165, 1.54) is 6.08 Å². The van der Waals surface area contributed by atoms with Crippen LogP contribution in [0.15, 0.2) is 30.8 Å². The molecule has 0 aliphatic carbocycles. The maximum Gasteiger partial charge on any atom is 0.336 e. The number of carbonyl (C=O) groups is 1. The van der Waals surface area contributed by atoms with Gasteiger partial charge >= 0.3 is 29.0 Å². The fourth-order valence-electron chi connectivity index (χ4n) is 0.870. The Morgan fingerprint density at radius 2 is 2.00 bits per heavy atom. The van der Waals surface area contributed by atoms with Crippen LogP contribution in [-0.4, -0.2) is 34.1 Å². The Kier molecular flexibility index (Phi) is 4.62. The molecule has 2 nitrogen and oxygen atoms in total. The second-order valence-corrected chi connectivity index (χ2v) is 2.10. The Labute approximate surface area is 87.1 Å². The average molecular weight is 174 g/mol. The first-order valence-corrected chi connectivity index (χ1v) is 3.20. The van der Waals surface area contributed by atoms with Crippen molar-refractivity contribution < 1.29 is 9.90 Å². The molecule has 0 unspecified atom stereocenters. The molecular formula is C9H10MgO2. The standard InChI is InChI=1S/C9H8O2.Mg.2H/c1-2-7-5-3-4-6-8(7)9(10)11;;;/h2-6H,1H2,(H,10,11);;;. The van der Waals surface area contributed by atoms with Crippen LogP contribution in [0.1, 0.15) is 15.9 Å². The average Bonchev–Trinajstić information content (AvgIpc) is 2.04. The SMILES string of the molecule is C=Cc1ccccc1C(=O)O.[MgH2]. The molecule has 0 bridgehead atoms. The first-order valence-electron chi connectivity index (χ1n) is 3.20. The molecule has 0 saturated heterocycles. The van der Waals surface area contributed by atoms with E-state index in [2.05, 4.69) is 6.58 Å². The van der Waals surface area contributed by atoms with E-state index in [0.717, 1.165) is 0 Å². The van der Waals surface area contributed by atoms with Crippen molar-refractivity contribution in [2.45, 2.75) is 0 Å². The molecule has 1 aromatic rings. The largest absolute Gasteiger partial charge is 0.478 e. The number of hydrogen-bond donors (Lipinski definition) is 1. The van der Waals surface area contributed by atoms with Crippen molar-refractivity contribution in [1.82, 2.24) is 0 Å². The van der Waals surface area contributed by atoms with Crippen molar-refractivity contribution in [2.24, 2.45) is 0 Å². The van der Waals surface area contributed by atoms with E-state index < -0.39 is 5.97 Å². The minimum absolute atomic E-state index is 0. The first-order chi connectivity index (χ1) is 5.25. The third kappa shape index (κ3) is 2.36. The lowest BCUT2D eigenvalue weighted by Crippen LogP contribution is -1.98. The van der Waals surface area contributed by atoms with E-state index in [4.69, 9.17) is 5.11 Å². The van der Waals surface area contributed by atoms with Crippen molar-refractivity contribution in [3.05, 3.63) is 42.0 Å². The van der Waals surface area contributed by atoms with Gasteiger partial charge in [-0.3, -0.25) is 0 Å². The molecule has 0 aliphatic rings. The summed E-state index contributed by atoms with van der Waals surface area (Å²) in [7, 11) is 0. The lowest BCUT2D eigenvalue weighted by atomic mass is 10.1. The van der Waals surface area contributed by atoms with E-state index in [1.54, 1.807) is 24.3 Å². The fraction of sp³-hybridized carbons (Fsp3) is 0. The molecule has 0 fully saturated rings. The van der Waals surface area contributed by atoms with Crippen LogP contribution in [0.25, 0.3) is 6.08 Å². The van der Waals surface area contributed by atoms with Gasteiger partial charge in [0.05, 0.1) is 5.56 Å². The molecule has 0 saturated carbocycles. The van der Waals surface area contributed by atoms with Gasteiger partial charge in [0, 0.05) is 0 Å². The summed E-state index contributed by atoms with van der Waals surface area (Å²) < 4.78 is 0. The van der Waals surface area contributed by atoms with Gasteiger partial charge in [-0.25, -0.2) is 4.79 Å². The summed E-state index contributed by atoms with van der Waals surface area (Å²) in [4.78, 5) is 10.5. The highest BCUT2D eigenvalue weighted by Gasteiger charge is 2.04. The van der Waals surface area contributed by atoms with E-state index >= 15 is 0 Å². The van der Waals surface area contributed by atoms with Crippen LogP contribution in [0.4, 0.5) is 0 Å². The Balaban J connectivity index is 0.00000121. The highest BCUT2D eigenvalue weighted by molar-refractivity contribution is 5.91. The molecule has 0 amide bonds. The lowest BCUT2D eigenvalue weighted by molar-refractivity contribution is 0.0696. The Bertz CT molecular complexity index is 294. The van der Waals surface area contributed by atoms with Crippen LogP contribution >= 0.6 is 0 Å². The van der Waals surface area contributed by atoms with Gasteiger partial charge in [0.25, 0.3) is 0 Å². The van der Waals surface area contributed by atoms with Gasteiger partial charge in [0.15, 0.2) is 0 Å². The van der Waals surface area contributed by atoms with Crippen molar-refractivity contribution in [2.75, 3.05) is 0 Å². The normalized spacial score (nSPS) is 8.33. The van der Waals surface area contributed by atoms with Gasteiger partial charge < -0.3 is 5.11 Å². The minimum atomic E-state index is -0.916. The van der Waals surface area contributed by atoms with E-state index in [0.29, 0.717) is 11.1 Å². The molecule has 12 heavy (non-hydrogen) atoms. The highest BCUT2D eigenvalue weighted by atomic mass is 24.3. The molecule has 0 radical (unpaired) electrons. The van der Waals surface area contributed by atoms with Crippen LogP contribution in [0, 0.1) is 0 Å². The van der Waals surface area contributed by atoms with Gasteiger partial charge in [-0.15, -0.1) is 0 Å². The molecule has 1 N–H and O–H groups in total. The molecular weight excluding hydrogens is 164 g/mol. The second-order valence-electron chi connectivity index (χ2n) is 2.10. The highest BCUT2D eigenvalue weighted by Crippen LogP contribution is 2.08. The van der Waals surface area contributed by atoms with Gasteiger partial charge in [-0.2, -0.15) is 0 Å². The second kappa shape index (κ2) is 4.95. The zero-order valence-corrected chi connectivity index (χ0v) is 5.95. The molecule has 1 aromatic carbocycles. The van der Waals surface area contributed by atoms with Crippen molar-refractivity contribution >= 4 is 35.1 Å². The van der Waals surface area contributed by atoms with Gasteiger partial charge in [0.1, 0.15) is 0 Å². The third-order valence-corrected chi connectivity index (χ3v) is 1.41. The number of rotatable bonds is 2. The van der Waals surface area contributed by atoms with E-state index in [-0.39, 0.29) is 23.1 Å². The summed E-state index contributed by atoms with van der Waals surface area (Å²) >= 11 is 0. The van der Waals surface area contributed by atoms with Crippen LogP contribution < -0.4 is 0 Å². The number of carboxylic acid groups (broad SMARTS) is 1. The van der Waals surface area contributed by atoms with E-state index in [9.17, 15) is 4.79 Å². The molecule has 0 spiro atoms. The smallest absolute Gasteiger partial charge is 0.336 e. The number of hydrogen-bond acceptors (Lipinski definition) is 1. The molecule has 0 heterocycles. The van der Waals surface area contributed by atoms with Crippen LogP contribution in [0.2, 0.25) is 0 Å². The van der Waals surface area contributed by atoms with Crippen LogP contribution in [-0.2, 0) is 0 Å². The number of benzene rings is 1. The summed E-state index contributed by atoms with van der Waals surface area (Å²) in [5, 5.41) is 8.65. The summed E-state index contributed by atoms with van der Waals surface area (Å²) in [5.41, 5.74) is 0.947. The van der Waals surface area contributed by atoms with Crippen molar-refractivity contribution in [1.29, 1.82) is 0 Å². The predicted molar refractivity (Wildman–Crippen MR) is 52.0 cm³/mol. The monoisotopic (exact) mass is 174 g/mol. The van der Waals surface area contributed by atoms with Gasteiger partial charge in [-0.1, -0.05) is 30.9 Å². The Morgan fingerprint density at radius 1 is 1.42 bits per heavy atom. The summed E-state index contributed by atoms with van der Waals surface area (Å²) in [5.74, 6) is -0.916. The van der Waals surface area contributed by atoms with Crippen LogP contribution in [0.5, 0.6) is 0 Å². The topological polar surface area (TPSA) is 37.3 Å². The quantitative estimate of drug-likeness (QED) is 0.682. The summed E-state index contributed by atoms with van der Waals surface area (Å²) in [6, 6.07) is 6.75. The van der Waals surface area contributed by atoms with Gasteiger partial charge in [-0.05, 0) is 11.6 Å². The Hall–Kier alpha value is -0.804. The van der Waals surface area contributed by atoms with Gasteiger partial charge in [0.2, 0.25) is 0 Å². The predicted octanol–water partition coefficient (Wildman–Crippen LogP) is 1.11. The zero-order chi connectivity index (χ0) is 8.27. The maximum absolute atomic E-state index is 10.5. The molecule has 60 valence electrons. The van der Waals surface area contributed by atoms with Crippen molar-refractivity contribution in [3.8, 4) is 0 Å². The minimum Gasteiger partial charge on any atom is -0.478 e.